The van der Waals surface area contributed by atoms with Gasteiger partial charge in [0, 0.05) is 22.8 Å². The first-order chi connectivity index (χ1) is 13.0. The number of carboxylic acid groups (broad SMARTS) is 1. The summed E-state index contributed by atoms with van der Waals surface area (Å²) in [5, 5.41) is 13.3. The molecule has 0 unspecified atom stereocenters. The van der Waals surface area contributed by atoms with E-state index in [1.54, 1.807) is 12.1 Å². The summed E-state index contributed by atoms with van der Waals surface area (Å²) in [6.45, 7) is 0.883. The maximum atomic E-state index is 11.2. The van der Waals surface area contributed by atoms with Crippen molar-refractivity contribution in [2.24, 2.45) is 0 Å². The van der Waals surface area contributed by atoms with E-state index in [0.29, 0.717) is 23.9 Å². The van der Waals surface area contributed by atoms with E-state index >= 15 is 0 Å². The molecule has 138 valence electrons. The normalized spacial score (nSPS) is 10.4. The lowest BCUT2D eigenvalue weighted by molar-refractivity contribution is 0.0697. The van der Waals surface area contributed by atoms with E-state index in [1.165, 1.54) is 6.07 Å². The van der Waals surface area contributed by atoms with Crippen LogP contribution >= 0.6 is 23.2 Å². The molecule has 3 rings (SSSR count). The van der Waals surface area contributed by atoms with Crippen LogP contribution in [0, 0.1) is 0 Å². The number of ether oxygens (including phenoxy) is 1. The van der Waals surface area contributed by atoms with Crippen molar-refractivity contribution < 1.29 is 14.6 Å². The van der Waals surface area contributed by atoms with Gasteiger partial charge in [0.2, 0.25) is 0 Å². The molecule has 0 saturated heterocycles. The lowest BCUT2D eigenvalue weighted by Crippen LogP contribution is -2.05. The second-order valence-corrected chi connectivity index (χ2v) is 6.72. The topological polar surface area (TPSA) is 58.6 Å². The van der Waals surface area contributed by atoms with E-state index in [1.807, 2.05) is 48.5 Å². The molecule has 3 aromatic rings. The second-order valence-electron chi connectivity index (χ2n) is 5.88. The van der Waals surface area contributed by atoms with E-state index in [-0.39, 0.29) is 10.6 Å². The average Bonchev–Trinajstić information content (AvgIpc) is 2.66. The summed E-state index contributed by atoms with van der Waals surface area (Å²) in [6.07, 6.45) is 0. The first-order valence-corrected chi connectivity index (χ1v) is 9.00. The highest BCUT2D eigenvalue weighted by Crippen LogP contribution is 2.24. The molecule has 0 heterocycles. The van der Waals surface area contributed by atoms with Gasteiger partial charge < -0.3 is 15.2 Å². The van der Waals surface area contributed by atoms with Crippen LogP contribution in [0.25, 0.3) is 0 Å². The second kappa shape index (κ2) is 8.80. The Labute approximate surface area is 167 Å². The number of carbonyl (C=O) groups is 1. The van der Waals surface area contributed by atoms with E-state index in [4.69, 9.17) is 27.9 Å². The SMILES string of the molecule is O=C(O)c1cc(NCc2ccccc2OCc2cccc(Cl)c2)ccc1Cl. The molecule has 0 bridgehead atoms. The Bertz CT molecular complexity index is 960. The zero-order valence-corrected chi connectivity index (χ0v) is 15.8. The summed E-state index contributed by atoms with van der Waals surface area (Å²) in [7, 11) is 0. The van der Waals surface area contributed by atoms with Crippen molar-refractivity contribution in [2.45, 2.75) is 13.2 Å². The highest BCUT2D eigenvalue weighted by Gasteiger charge is 2.10. The Kier molecular flexibility index (Phi) is 6.22. The number of carboxylic acids is 1. The number of benzene rings is 3. The minimum atomic E-state index is -1.06. The van der Waals surface area contributed by atoms with Gasteiger partial charge in [-0.25, -0.2) is 4.79 Å². The molecule has 27 heavy (non-hydrogen) atoms. The summed E-state index contributed by atoms with van der Waals surface area (Å²) >= 11 is 11.9. The molecule has 0 aromatic heterocycles. The van der Waals surface area contributed by atoms with Crippen LogP contribution in [0.2, 0.25) is 10.0 Å². The molecular weight excluding hydrogens is 385 g/mol. The predicted octanol–water partition coefficient (Wildman–Crippen LogP) is 5.88. The van der Waals surface area contributed by atoms with Crippen LogP contribution in [0.1, 0.15) is 21.5 Å². The first-order valence-electron chi connectivity index (χ1n) is 8.25. The van der Waals surface area contributed by atoms with E-state index in [2.05, 4.69) is 5.32 Å². The fraction of sp³-hybridized carbons (Fsp3) is 0.0952. The van der Waals surface area contributed by atoms with Gasteiger partial charge in [0.15, 0.2) is 0 Å². The van der Waals surface area contributed by atoms with Gasteiger partial charge in [-0.1, -0.05) is 53.5 Å². The molecule has 0 spiro atoms. The van der Waals surface area contributed by atoms with Gasteiger partial charge in [0.05, 0.1) is 10.6 Å². The molecule has 0 aliphatic heterocycles. The number of hydrogen-bond acceptors (Lipinski definition) is 3. The number of aromatic carboxylic acids is 1. The molecule has 6 heteroatoms. The van der Waals surface area contributed by atoms with Gasteiger partial charge in [-0.3, -0.25) is 0 Å². The zero-order valence-electron chi connectivity index (χ0n) is 14.3. The van der Waals surface area contributed by atoms with Gasteiger partial charge in [-0.2, -0.15) is 0 Å². The average molecular weight is 402 g/mol. The smallest absolute Gasteiger partial charge is 0.337 e. The number of rotatable bonds is 7. The third-order valence-corrected chi connectivity index (χ3v) is 4.50. The fourth-order valence-electron chi connectivity index (χ4n) is 2.57. The first kappa shape index (κ1) is 19.1. The van der Waals surface area contributed by atoms with Crippen molar-refractivity contribution in [1.29, 1.82) is 0 Å². The van der Waals surface area contributed by atoms with Crippen molar-refractivity contribution in [3.63, 3.8) is 0 Å². The standard InChI is InChI=1S/C21H17Cl2NO3/c22-16-6-3-4-14(10-16)13-27-20-7-2-1-5-15(20)12-24-17-8-9-19(23)18(11-17)21(25)26/h1-11,24H,12-13H2,(H,25,26). The predicted molar refractivity (Wildman–Crippen MR) is 108 cm³/mol. The maximum absolute atomic E-state index is 11.2. The summed E-state index contributed by atoms with van der Waals surface area (Å²) in [5.41, 5.74) is 2.66. The summed E-state index contributed by atoms with van der Waals surface area (Å²) in [5.74, 6) is -0.314. The van der Waals surface area contributed by atoms with Crippen LogP contribution in [0.15, 0.2) is 66.7 Å². The van der Waals surface area contributed by atoms with Crippen LogP contribution in [0.3, 0.4) is 0 Å². The largest absolute Gasteiger partial charge is 0.489 e. The molecule has 4 nitrogen and oxygen atoms in total. The Morgan fingerprint density at radius 3 is 2.59 bits per heavy atom. The van der Waals surface area contributed by atoms with Crippen LogP contribution in [-0.4, -0.2) is 11.1 Å². The molecule has 0 saturated carbocycles. The molecular formula is C21H17Cl2NO3. The summed E-state index contributed by atoms with van der Waals surface area (Å²) in [4.78, 5) is 11.2. The molecule has 0 aliphatic rings. The Morgan fingerprint density at radius 2 is 1.81 bits per heavy atom. The van der Waals surface area contributed by atoms with Gasteiger partial charge in [-0.15, -0.1) is 0 Å². The van der Waals surface area contributed by atoms with Crippen LogP contribution in [-0.2, 0) is 13.2 Å². The van der Waals surface area contributed by atoms with Gasteiger partial charge in [0.25, 0.3) is 0 Å². The third kappa shape index (κ3) is 5.16. The number of para-hydroxylation sites is 1. The highest BCUT2D eigenvalue weighted by molar-refractivity contribution is 6.33. The number of nitrogens with one attached hydrogen (secondary N) is 1. The molecule has 3 aromatic carbocycles. The summed E-state index contributed by atoms with van der Waals surface area (Å²) < 4.78 is 5.93. The highest BCUT2D eigenvalue weighted by atomic mass is 35.5. The summed E-state index contributed by atoms with van der Waals surface area (Å²) in [6, 6.07) is 20.0. The van der Waals surface area contributed by atoms with Crippen LogP contribution in [0.5, 0.6) is 5.75 Å². The molecule has 0 radical (unpaired) electrons. The monoisotopic (exact) mass is 401 g/mol. The molecule has 2 N–H and O–H groups in total. The number of halogens is 2. The minimum absolute atomic E-state index is 0.0622. The minimum Gasteiger partial charge on any atom is -0.489 e. The van der Waals surface area contributed by atoms with Crippen molar-refractivity contribution >= 4 is 34.9 Å². The Hall–Kier alpha value is -2.69. The molecule has 0 aliphatic carbocycles. The van der Waals surface area contributed by atoms with Crippen LogP contribution < -0.4 is 10.1 Å². The lowest BCUT2D eigenvalue weighted by atomic mass is 10.1. The number of hydrogen-bond donors (Lipinski definition) is 2. The van der Waals surface area contributed by atoms with Crippen molar-refractivity contribution in [3.05, 3.63) is 93.5 Å². The molecule has 0 fully saturated rings. The fourth-order valence-corrected chi connectivity index (χ4v) is 2.99. The quantitative estimate of drug-likeness (QED) is 0.518. The van der Waals surface area contributed by atoms with Crippen molar-refractivity contribution in [2.75, 3.05) is 5.32 Å². The maximum Gasteiger partial charge on any atom is 0.337 e. The van der Waals surface area contributed by atoms with Crippen molar-refractivity contribution in [3.8, 4) is 5.75 Å². The van der Waals surface area contributed by atoms with Gasteiger partial charge in [0.1, 0.15) is 12.4 Å². The van der Waals surface area contributed by atoms with Crippen molar-refractivity contribution in [1.82, 2.24) is 0 Å². The third-order valence-electron chi connectivity index (χ3n) is 3.94. The van der Waals surface area contributed by atoms with E-state index < -0.39 is 5.97 Å². The van der Waals surface area contributed by atoms with Gasteiger partial charge in [-0.05, 0) is 42.0 Å². The lowest BCUT2D eigenvalue weighted by Gasteiger charge is -2.13. The molecule has 0 atom stereocenters. The zero-order chi connectivity index (χ0) is 19.2. The van der Waals surface area contributed by atoms with Gasteiger partial charge >= 0.3 is 5.97 Å². The Morgan fingerprint density at radius 1 is 1.00 bits per heavy atom. The van der Waals surface area contributed by atoms with Crippen LogP contribution in [0.4, 0.5) is 5.69 Å². The number of anilines is 1. The molecule has 0 amide bonds. The van der Waals surface area contributed by atoms with E-state index in [9.17, 15) is 9.90 Å². The van der Waals surface area contributed by atoms with E-state index in [0.717, 1.165) is 16.9 Å². The Balaban J connectivity index is 1.69.